The molecular formula is C11H17N3O6. The van der Waals surface area contributed by atoms with Crippen molar-refractivity contribution in [3.8, 4) is 0 Å². The van der Waals surface area contributed by atoms with E-state index in [1.54, 1.807) is 0 Å². The zero-order valence-electron chi connectivity index (χ0n) is 11.5. The minimum Gasteiger partial charge on any atom is -0.463 e. The fraction of sp³-hybridized carbons (Fsp3) is 0.818. The van der Waals surface area contributed by atoms with Crippen molar-refractivity contribution in [3.63, 3.8) is 0 Å². The number of carbonyl (C=O) groups is 2. The largest absolute Gasteiger partial charge is 0.463 e. The van der Waals surface area contributed by atoms with E-state index in [1.807, 2.05) is 0 Å². The molecule has 1 fully saturated rings. The molecule has 112 valence electrons. The van der Waals surface area contributed by atoms with E-state index in [0.29, 0.717) is 0 Å². The van der Waals surface area contributed by atoms with Crippen LogP contribution < -0.4 is 0 Å². The number of methoxy groups -OCH3 is 1. The van der Waals surface area contributed by atoms with E-state index in [-0.39, 0.29) is 13.0 Å². The van der Waals surface area contributed by atoms with Gasteiger partial charge in [0.2, 0.25) is 0 Å². The first kappa shape index (κ1) is 16.2. The van der Waals surface area contributed by atoms with Gasteiger partial charge in [0.05, 0.1) is 6.04 Å². The summed E-state index contributed by atoms with van der Waals surface area (Å²) in [6.07, 6.45) is -1.96. The van der Waals surface area contributed by atoms with E-state index in [4.69, 9.17) is 24.5 Å². The Bertz CT molecular complexity index is 409. The number of azide groups is 1. The summed E-state index contributed by atoms with van der Waals surface area (Å²) in [5, 5.41) is 3.60. The number of carbonyl (C=O) groups excluding carboxylic acids is 2. The van der Waals surface area contributed by atoms with Crippen molar-refractivity contribution in [1.82, 2.24) is 0 Å². The molecule has 1 aliphatic rings. The highest BCUT2D eigenvalue weighted by atomic mass is 16.7. The van der Waals surface area contributed by atoms with Crippen LogP contribution in [-0.4, -0.2) is 50.2 Å². The highest BCUT2D eigenvalue weighted by Crippen LogP contribution is 2.26. The van der Waals surface area contributed by atoms with Crippen LogP contribution in [0.5, 0.6) is 0 Å². The lowest BCUT2D eigenvalue weighted by atomic mass is 9.99. The van der Waals surface area contributed by atoms with Crippen molar-refractivity contribution in [2.24, 2.45) is 5.11 Å². The molecule has 0 saturated carbocycles. The van der Waals surface area contributed by atoms with Crippen molar-refractivity contribution < 1.29 is 28.5 Å². The molecule has 0 bridgehead atoms. The Kier molecular flexibility index (Phi) is 6.23. The van der Waals surface area contributed by atoms with Crippen LogP contribution in [0.3, 0.4) is 0 Å². The second-order valence-corrected chi connectivity index (χ2v) is 4.22. The van der Waals surface area contributed by atoms with E-state index in [2.05, 4.69) is 10.0 Å². The van der Waals surface area contributed by atoms with E-state index in [9.17, 15) is 9.59 Å². The van der Waals surface area contributed by atoms with E-state index in [1.165, 1.54) is 21.0 Å². The number of rotatable bonds is 5. The maximum Gasteiger partial charge on any atom is 0.303 e. The second kappa shape index (κ2) is 7.68. The number of hydrogen-bond donors (Lipinski definition) is 0. The zero-order chi connectivity index (χ0) is 15.1. The zero-order valence-corrected chi connectivity index (χ0v) is 11.5. The van der Waals surface area contributed by atoms with Crippen molar-refractivity contribution in [2.75, 3.05) is 13.7 Å². The fourth-order valence-corrected chi connectivity index (χ4v) is 1.92. The predicted octanol–water partition coefficient (Wildman–Crippen LogP) is 0.921. The van der Waals surface area contributed by atoms with Gasteiger partial charge in [0, 0.05) is 32.3 Å². The SMILES string of the molecule is CO[C@H]1C[C@@H](N=[N+]=[N-])[C@@H](OC(C)=O)[C@@H](COC(C)=O)O1. The monoisotopic (exact) mass is 287 g/mol. The number of hydrogen-bond acceptors (Lipinski definition) is 7. The molecule has 0 unspecified atom stereocenters. The highest BCUT2D eigenvalue weighted by molar-refractivity contribution is 5.66. The average Bonchev–Trinajstić information content (AvgIpc) is 2.38. The van der Waals surface area contributed by atoms with Gasteiger partial charge in [-0.05, 0) is 5.53 Å². The molecule has 20 heavy (non-hydrogen) atoms. The minimum atomic E-state index is -0.825. The molecule has 1 heterocycles. The second-order valence-electron chi connectivity index (χ2n) is 4.22. The summed E-state index contributed by atoms with van der Waals surface area (Å²) in [4.78, 5) is 24.7. The molecule has 0 aromatic carbocycles. The Labute approximate surface area is 115 Å². The highest BCUT2D eigenvalue weighted by Gasteiger charge is 2.41. The Morgan fingerprint density at radius 2 is 2.10 bits per heavy atom. The van der Waals surface area contributed by atoms with Gasteiger partial charge in [-0.1, -0.05) is 5.11 Å². The minimum absolute atomic E-state index is 0.120. The molecule has 1 saturated heterocycles. The van der Waals surface area contributed by atoms with Gasteiger partial charge in [-0.25, -0.2) is 0 Å². The summed E-state index contributed by atoms with van der Waals surface area (Å²) < 4.78 is 20.6. The Hall–Kier alpha value is -1.83. The molecule has 0 radical (unpaired) electrons. The number of ether oxygens (including phenoxy) is 4. The molecule has 9 nitrogen and oxygen atoms in total. The smallest absolute Gasteiger partial charge is 0.303 e. The van der Waals surface area contributed by atoms with Gasteiger partial charge in [-0.2, -0.15) is 0 Å². The topological polar surface area (TPSA) is 120 Å². The maximum atomic E-state index is 11.1. The maximum absolute atomic E-state index is 11.1. The van der Waals surface area contributed by atoms with Crippen LogP contribution in [0.2, 0.25) is 0 Å². The van der Waals surface area contributed by atoms with Crippen molar-refractivity contribution in [1.29, 1.82) is 0 Å². The van der Waals surface area contributed by atoms with Gasteiger partial charge in [-0.3, -0.25) is 9.59 Å². The lowest BCUT2D eigenvalue weighted by Gasteiger charge is -2.38. The summed E-state index contributed by atoms with van der Waals surface area (Å²) in [6.45, 7) is 2.37. The van der Waals surface area contributed by atoms with Crippen LogP contribution in [0, 0.1) is 0 Å². The third-order valence-electron chi connectivity index (χ3n) is 2.72. The summed E-state index contributed by atoms with van der Waals surface area (Å²) in [7, 11) is 1.44. The van der Waals surface area contributed by atoms with Crippen LogP contribution in [0.15, 0.2) is 5.11 Å². The standard InChI is InChI=1S/C11H17N3O6/c1-6(15)18-5-9-11(19-7(2)16)8(13-14-12)4-10(17-3)20-9/h8-11H,4-5H2,1-3H3/t8-,9-,10-,11-/m1/s1. The fourth-order valence-electron chi connectivity index (χ4n) is 1.92. The quantitative estimate of drug-likeness (QED) is 0.321. The molecule has 0 aliphatic carbocycles. The molecule has 0 N–H and O–H groups in total. The van der Waals surface area contributed by atoms with Gasteiger partial charge in [0.25, 0.3) is 0 Å². The average molecular weight is 287 g/mol. The predicted molar refractivity (Wildman–Crippen MR) is 65.4 cm³/mol. The van der Waals surface area contributed by atoms with Gasteiger partial charge in [0.15, 0.2) is 6.29 Å². The first-order chi connectivity index (χ1) is 9.47. The van der Waals surface area contributed by atoms with Crippen LogP contribution in [0.4, 0.5) is 0 Å². The first-order valence-electron chi connectivity index (χ1n) is 6.01. The molecule has 0 aromatic rings. The Morgan fingerprint density at radius 3 is 2.60 bits per heavy atom. The van der Waals surface area contributed by atoms with Crippen LogP contribution in [-0.2, 0) is 28.5 Å². The molecule has 0 amide bonds. The number of esters is 2. The van der Waals surface area contributed by atoms with E-state index < -0.39 is 36.5 Å². The Morgan fingerprint density at radius 1 is 1.40 bits per heavy atom. The number of nitrogens with zero attached hydrogens (tertiary/aromatic N) is 3. The van der Waals surface area contributed by atoms with Crippen LogP contribution in [0.25, 0.3) is 10.4 Å². The summed E-state index contributed by atoms with van der Waals surface area (Å²) in [6, 6.07) is -0.650. The Balaban J connectivity index is 2.88. The summed E-state index contributed by atoms with van der Waals surface area (Å²) >= 11 is 0. The van der Waals surface area contributed by atoms with Crippen molar-refractivity contribution >= 4 is 11.9 Å². The van der Waals surface area contributed by atoms with Crippen molar-refractivity contribution in [3.05, 3.63) is 10.4 Å². The molecule has 4 atom stereocenters. The van der Waals surface area contributed by atoms with E-state index >= 15 is 0 Å². The molecule has 1 aliphatic heterocycles. The van der Waals surface area contributed by atoms with Crippen molar-refractivity contribution in [2.45, 2.75) is 44.8 Å². The summed E-state index contributed by atoms with van der Waals surface area (Å²) in [5.41, 5.74) is 8.58. The lowest BCUT2D eigenvalue weighted by molar-refractivity contribution is -0.234. The van der Waals surface area contributed by atoms with Gasteiger partial charge in [0.1, 0.15) is 18.8 Å². The third kappa shape index (κ3) is 4.69. The molecule has 9 heteroatoms. The van der Waals surface area contributed by atoms with E-state index in [0.717, 1.165) is 0 Å². The van der Waals surface area contributed by atoms with Crippen LogP contribution >= 0.6 is 0 Å². The normalized spacial score (nSPS) is 29.1. The lowest BCUT2D eigenvalue weighted by Crippen LogP contribution is -2.52. The first-order valence-corrected chi connectivity index (χ1v) is 6.01. The molecule has 1 rings (SSSR count). The molecular weight excluding hydrogens is 270 g/mol. The molecule has 0 spiro atoms. The molecule has 0 aromatic heterocycles. The van der Waals surface area contributed by atoms with Crippen LogP contribution in [0.1, 0.15) is 20.3 Å². The third-order valence-corrected chi connectivity index (χ3v) is 2.72. The van der Waals surface area contributed by atoms with Gasteiger partial charge >= 0.3 is 11.9 Å². The van der Waals surface area contributed by atoms with Gasteiger partial charge < -0.3 is 18.9 Å². The van der Waals surface area contributed by atoms with Gasteiger partial charge in [-0.15, -0.1) is 0 Å². The summed E-state index contributed by atoms with van der Waals surface area (Å²) in [5.74, 6) is -1.03.